The third-order valence-corrected chi connectivity index (χ3v) is 3.28. The molecule has 1 atom stereocenters. The van der Waals surface area contributed by atoms with E-state index in [1.165, 1.54) is 16.6 Å². The van der Waals surface area contributed by atoms with Gasteiger partial charge in [-0.1, -0.05) is 12.1 Å². The topological polar surface area (TPSA) is 30.9 Å². The molecule has 0 saturated carbocycles. The molecule has 1 heterocycles. The highest BCUT2D eigenvalue weighted by molar-refractivity contribution is 9.10. The maximum Gasteiger partial charge on any atom is 0.0624 e. The Labute approximate surface area is 98.2 Å². The number of aromatic nitrogens is 1. The lowest BCUT2D eigenvalue weighted by atomic mass is 10.2. The van der Waals surface area contributed by atoms with Crippen molar-refractivity contribution in [3.63, 3.8) is 0 Å². The van der Waals surface area contributed by atoms with Crippen LogP contribution in [0.1, 0.15) is 12.6 Å². The van der Waals surface area contributed by atoms with Gasteiger partial charge in [0.2, 0.25) is 0 Å². The van der Waals surface area contributed by atoms with E-state index in [0.29, 0.717) is 0 Å². The molecule has 3 heteroatoms. The summed E-state index contributed by atoms with van der Waals surface area (Å²) < 4.78 is 3.35. The minimum absolute atomic E-state index is 0.201. The molecule has 1 aromatic heterocycles. The average Bonchev–Trinajstić information content (AvgIpc) is 2.44. The number of fused-ring (bicyclic) bond motifs is 1. The summed E-state index contributed by atoms with van der Waals surface area (Å²) in [5.41, 5.74) is 8.36. The van der Waals surface area contributed by atoms with E-state index >= 15 is 0 Å². The number of para-hydroxylation sites is 1. The van der Waals surface area contributed by atoms with E-state index in [1.807, 2.05) is 6.92 Å². The number of hydrogen-bond donors (Lipinski definition) is 1. The SMILES string of the molecule is CC(N)Cc1cc2cccc(Br)c2n1C. The highest BCUT2D eigenvalue weighted by atomic mass is 79.9. The van der Waals surface area contributed by atoms with Gasteiger partial charge in [0.1, 0.15) is 0 Å². The third kappa shape index (κ3) is 1.94. The van der Waals surface area contributed by atoms with Crippen LogP contribution in [-0.2, 0) is 13.5 Å². The summed E-state index contributed by atoms with van der Waals surface area (Å²) in [4.78, 5) is 0. The minimum atomic E-state index is 0.201. The lowest BCUT2D eigenvalue weighted by Crippen LogP contribution is -2.19. The first kappa shape index (κ1) is 10.7. The van der Waals surface area contributed by atoms with E-state index in [1.54, 1.807) is 0 Å². The summed E-state index contributed by atoms with van der Waals surface area (Å²) in [6, 6.07) is 8.67. The molecule has 2 N–H and O–H groups in total. The molecule has 0 radical (unpaired) electrons. The summed E-state index contributed by atoms with van der Waals surface area (Å²) in [6.07, 6.45) is 0.914. The number of nitrogens with two attached hydrogens (primary N) is 1. The summed E-state index contributed by atoms with van der Waals surface area (Å²) in [7, 11) is 2.09. The van der Waals surface area contributed by atoms with Crippen LogP contribution < -0.4 is 5.73 Å². The van der Waals surface area contributed by atoms with Crippen molar-refractivity contribution < 1.29 is 0 Å². The molecular weight excluding hydrogens is 252 g/mol. The van der Waals surface area contributed by atoms with Crippen LogP contribution in [-0.4, -0.2) is 10.6 Å². The zero-order valence-corrected chi connectivity index (χ0v) is 10.6. The molecular formula is C12H15BrN2. The monoisotopic (exact) mass is 266 g/mol. The van der Waals surface area contributed by atoms with Gasteiger partial charge >= 0.3 is 0 Å². The van der Waals surface area contributed by atoms with Gasteiger partial charge in [-0.3, -0.25) is 0 Å². The van der Waals surface area contributed by atoms with E-state index in [4.69, 9.17) is 5.73 Å². The van der Waals surface area contributed by atoms with Gasteiger partial charge in [-0.05, 0) is 35.0 Å². The molecule has 15 heavy (non-hydrogen) atoms. The quantitative estimate of drug-likeness (QED) is 0.891. The maximum absolute atomic E-state index is 5.83. The van der Waals surface area contributed by atoms with E-state index in [-0.39, 0.29) is 6.04 Å². The van der Waals surface area contributed by atoms with E-state index in [0.717, 1.165) is 10.9 Å². The van der Waals surface area contributed by atoms with Gasteiger partial charge in [-0.2, -0.15) is 0 Å². The van der Waals surface area contributed by atoms with E-state index in [2.05, 4.69) is 51.8 Å². The third-order valence-electron chi connectivity index (χ3n) is 2.64. The second-order valence-corrected chi connectivity index (χ2v) is 4.91. The zero-order chi connectivity index (χ0) is 11.0. The molecule has 2 aromatic rings. The number of aryl methyl sites for hydroxylation is 1. The molecule has 0 spiro atoms. The van der Waals surface area contributed by atoms with Crippen molar-refractivity contribution in [3.8, 4) is 0 Å². The Morgan fingerprint density at radius 2 is 2.20 bits per heavy atom. The molecule has 0 aliphatic rings. The lowest BCUT2D eigenvalue weighted by Gasteiger charge is -2.07. The normalized spacial score (nSPS) is 13.3. The second-order valence-electron chi connectivity index (χ2n) is 4.05. The largest absolute Gasteiger partial charge is 0.347 e. The van der Waals surface area contributed by atoms with Gasteiger partial charge in [-0.15, -0.1) is 0 Å². The van der Waals surface area contributed by atoms with Crippen molar-refractivity contribution in [1.29, 1.82) is 0 Å². The van der Waals surface area contributed by atoms with Gasteiger partial charge in [0.05, 0.1) is 5.52 Å². The molecule has 0 fully saturated rings. The Morgan fingerprint density at radius 3 is 2.80 bits per heavy atom. The number of halogens is 1. The summed E-state index contributed by atoms with van der Waals surface area (Å²) in [6.45, 7) is 2.03. The molecule has 2 rings (SSSR count). The van der Waals surface area contributed by atoms with Crippen LogP contribution in [0.5, 0.6) is 0 Å². The van der Waals surface area contributed by atoms with Crippen molar-refractivity contribution in [2.75, 3.05) is 0 Å². The molecule has 0 aliphatic carbocycles. The van der Waals surface area contributed by atoms with Crippen LogP contribution in [0.3, 0.4) is 0 Å². The first-order chi connectivity index (χ1) is 7.09. The van der Waals surface area contributed by atoms with Gasteiger partial charge in [0.25, 0.3) is 0 Å². The molecule has 0 aliphatic heterocycles. The maximum atomic E-state index is 5.83. The number of nitrogens with zero attached hydrogens (tertiary/aromatic N) is 1. The number of hydrogen-bond acceptors (Lipinski definition) is 1. The standard InChI is InChI=1S/C12H15BrN2/c1-8(14)6-10-7-9-4-3-5-11(13)12(9)15(10)2/h3-5,7-8H,6,14H2,1-2H3. The summed E-state index contributed by atoms with van der Waals surface area (Å²) in [5.74, 6) is 0. The summed E-state index contributed by atoms with van der Waals surface area (Å²) in [5, 5.41) is 1.27. The molecule has 0 amide bonds. The van der Waals surface area contributed by atoms with Crippen LogP contribution in [0, 0.1) is 0 Å². The second kappa shape index (κ2) is 3.99. The minimum Gasteiger partial charge on any atom is -0.347 e. The fourth-order valence-electron chi connectivity index (χ4n) is 1.95. The molecule has 1 aromatic carbocycles. The van der Waals surface area contributed by atoms with Gasteiger partial charge in [0.15, 0.2) is 0 Å². The smallest absolute Gasteiger partial charge is 0.0624 e. The van der Waals surface area contributed by atoms with Crippen LogP contribution in [0.4, 0.5) is 0 Å². The van der Waals surface area contributed by atoms with Gasteiger partial charge in [-0.25, -0.2) is 0 Å². The molecule has 0 saturated heterocycles. The molecule has 80 valence electrons. The summed E-state index contributed by atoms with van der Waals surface area (Å²) >= 11 is 3.58. The molecule has 2 nitrogen and oxygen atoms in total. The molecule has 0 bridgehead atoms. The van der Waals surface area contributed by atoms with Crippen LogP contribution in [0.25, 0.3) is 10.9 Å². The van der Waals surface area contributed by atoms with Crippen molar-refractivity contribution >= 4 is 26.8 Å². The predicted octanol–water partition coefficient (Wildman–Crippen LogP) is 2.83. The van der Waals surface area contributed by atoms with Crippen molar-refractivity contribution in [1.82, 2.24) is 4.57 Å². The lowest BCUT2D eigenvalue weighted by molar-refractivity contribution is 0.696. The van der Waals surface area contributed by atoms with Crippen LogP contribution in [0.2, 0.25) is 0 Å². The fraction of sp³-hybridized carbons (Fsp3) is 0.333. The average molecular weight is 267 g/mol. The Hall–Kier alpha value is -0.800. The Kier molecular flexibility index (Phi) is 2.85. The Morgan fingerprint density at radius 1 is 1.47 bits per heavy atom. The van der Waals surface area contributed by atoms with Gasteiger partial charge in [0, 0.05) is 35.1 Å². The first-order valence-electron chi connectivity index (χ1n) is 5.08. The highest BCUT2D eigenvalue weighted by Gasteiger charge is 2.09. The fourth-order valence-corrected chi connectivity index (χ4v) is 2.60. The first-order valence-corrected chi connectivity index (χ1v) is 5.87. The Balaban J connectivity index is 2.59. The van der Waals surface area contributed by atoms with Crippen molar-refractivity contribution in [3.05, 3.63) is 34.4 Å². The number of rotatable bonds is 2. The highest BCUT2D eigenvalue weighted by Crippen LogP contribution is 2.26. The zero-order valence-electron chi connectivity index (χ0n) is 9.00. The van der Waals surface area contributed by atoms with Gasteiger partial charge < -0.3 is 10.3 Å². The van der Waals surface area contributed by atoms with Crippen LogP contribution in [0.15, 0.2) is 28.7 Å². The van der Waals surface area contributed by atoms with E-state index < -0.39 is 0 Å². The predicted molar refractivity (Wildman–Crippen MR) is 68.0 cm³/mol. The molecule has 1 unspecified atom stereocenters. The van der Waals surface area contributed by atoms with Crippen LogP contribution >= 0.6 is 15.9 Å². The Bertz CT molecular complexity index is 486. The van der Waals surface area contributed by atoms with Crippen molar-refractivity contribution in [2.45, 2.75) is 19.4 Å². The number of benzene rings is 1. The van der Waals surface area contributed by atoms with Crippen molar-refractivity contribution in [2.24, 2.45) is 12.8 Å². The van der Waals surface area contributed by atoms with E-state index in [9.17, 15) is 0 Å².